The molecule has 1 atom stereocenters. The van der Waals surface area contributed by atoms with Crippen molar-refractivity contribution in [3.8, 4) is 0 Å². The summed E-state index contributed by atoms with van der Waals surface area (Å²) in [6, 6.07) is 10.7. The second-order valence-electron chi connectivity index (χ2n) is 5.26. The molecule has 112 valence electrons. The van der Waals surface area contributed by atoms with Crippen molar-refractivity contribution in [2.45, 2.75) is 44.6 Å². The summed E-state index contributed by atoms with van der Waals surface area (Å²) in [4.78, 5) is 14.4. The molecule has 2 rings (SSSR count). The van der Waals surface area contributed by atoms with Crippen LogP contribution in [0.4, 0.5) is 0 Å². The molecular formula is C16H25ClN2O. The van der Waals surface area contributed by atoms with E-state index in [4.69, 9.17) is 5.73 Å². The molecule has 3 nitrogen and oxygen atoms in total. The van der Waals surface area contributed by atoms with Crippen molar-refractivity contribution in [3.63, 3.8) is 0 Å². The van der Waals surface area contributed by atoms with E-state index in [1.54, 1.807) is 0 Å². The molecule has 0 saturated carbocycles. The van der Waals surface area contributed by atoms with Crippen molar-refractivity contribution in [1.82, 2.24) is 4.90 Å². The summed E-state index contributed by atoms with van der Waals surface area (Å²) in [7, 11) is 0. The second-order valence-corrected chi connectivity index (χ2v) is 5.26. The molecule has 0 radical (unpaired) electrons. The van der Waals surface area contributed by atoms with Gasteiger partial charge >= 0.3 is 0 Å². The molecule has 1 heterocycles. The Morgan fingerprint density at radius 3 is 2.65 bits per heavy atom. The van der Waals surface area contributed by atoms with Crippen LogP contribution in [-0.4, -0.2) is 23.9 Å². The van der Waals surface area contributed by atoms with Crippen molar-refractivity contribution >= 4 is 18.3 Å². The largest absolute Gasteiger partial charge is 0.336 e. The van der Waals surface area contributed by atoms with E-state index in [9.17, 15) is 4.79 Å². The number of nitrogens with two attached hydrogens (primary N) is 1. The smallest absolute Gasteiger partial charge is 0.223 e. The molecule has 0 aromatic heterocycles. The molecule has 0 spiro atoms. The highest BCUT2D eigenvalue weighted by atomic mass is 35.5. The van der Waals surface area contributed by atoms with Gasteiger partial charge in [0.15, 0.2) is 0 Å². The molecule has 4 heteroatoms. The highest BCUT2D eigenvalue weighted by Crippen LogP contribution is 2.30. The SMILES string of the molecule is Cl.NCCCC(=O)N1CCCCCC1c1ccccc1. The zero-order chi connectivity index (χ0) is 13.5. The van der Waals surface area contributed by atoms with Crippen LogP contribution >= 0.6 is 12.4 Å². The molecule has 20 heavy (non-hydrogen) atoms. The Hall–Kier alpha value is -1.06. The Kier molecular flexibility index (Phi) is 7.63. The van der Waals surface area contributed by atoms with E-state index in [2.05, 4.69) is 29.2 Å². The lowest BCUT2D eigenvalue weighted by atomic mass is 10.0. The van der Waals surface area contributed by atoms with Gasteiger partial charge in [-0.05, 0) is 31.4 Å². The van der Waals surface area contributed by atoms with Crippen LogP contribution in [0.5, 0.6) is 0 Å². The molecule has 1 unspecified atom stereocenters. The molecule has 1 aliphatic rings. The van der Waals surface area contributed by atoms with E-state index in [0.29, 0.717) is 13.0 Å². The lowest BCUT2D eigenvalue weighted by Gasteiger charge is -2.30. The number of hydrogen-bond acceptors (Lipinski definition) is 2. The van der Waals surface area contributed by atoms with E-state index in [-0.39, 0.29) is 24.4 Å². The van der Waals surface area contributed by atoms with Gasteiger partial charge in [0.05, 0.1) is 6.04 Å². The van der Waals surface area contributed by atoms with E-state index in [1.165, 1.54) is 18.4 Å². The maximum Gasteiger partial charge on any atom is 0.223 e. The van der Waals surface area contributed by atoms with Gasteiger partial charge in [0.2, 0.25) is 5.91 Å². The van der Waals surface area contributed by atoms with Crippen molar-refractivity contribution < 1.29 is 4.79 Å². The van der Waals surface area contributed by atoms with Gasteiger partial charge in [-0.1, -0.05) is 43.2 Å². The van der Waals surface area contributed by atoms with Crippen LogP contribution in [0.25, 0.3) is 0 Å². The number of carbonyl (C=O) groups excluding carboxylic acids is 1. The van der Waals surface area contributed by atoms with Gasteiger partial charge < -0.3 is 10.6 Å². The molecule has 0 bridgehead atoms. The van der Waals surface area contributed by atoms with E-state index in [0.717, 1.165) is 25.8 Å². The first-order valence-electron chi connectivity index (χ1n) is 7.37. The van der Waals surface area contributed by atoms with Crippen LogP contribution in [0.3, 0.4) is 0 Å². The lowest BCUT2D eigenvalue weighted by molar-refractivity contribution is -0.133. The maximum atomic E-state index is 12.4. The van der Waals surface area contributed by atoms with E-state index in [1.807, 2.05) is 6.07 Å². The third kappa shape index (κ3) is 4.50. The van der Waals surface area contributed by atoms with Crippen molar-refractivity contribution in [3.05, 3.63) is 35.9 Å². The Bertz CT molecular complexity index is 397. The molecule has 2 N–H and O–H groups in total. The third-order valence-corrected chi connectivity index (χ3v) is 3.85. The highest BCUT2D eigenvalue weighted by molar-refractivity contribution is 5.85. The fourth-order valence-electron chi connectivity index (χ4n) is 2.83. The van der Waals surface area contributed by atoms with Crippen LogP contribution in [0, 0.1) is 0 Å². The Balaban J connectivity index is 0.00000200. The molecule has 1 aromatic carbocycles. The fourth-order valence-corrected chi connectivity index (χ4v) is 2.83. The molecule has 1 aliphatic heterocycles. The number of benzene rings is 1. The maximum absolute atomic E-state index is 12.4. The quantitative estimate of drug-likeness (QED) is 0.927. The first-order valence-corrected chi connectivity index (χ1v) is 7.37. The second kappa shape index (κ2) is 8.98. The normalized spacial score (nSPS) is 19.1. The number of hydrogen-bond donors (Lipinski definition) is 1. The third-order valence-electron chi connectivity index (χ3n) is 3.85. The fraction of sp³-hybridized carbons (Fsp3) is 0.562. The average molecular weight is 297 g/mol. The van der Waals surface area contributed by atoms with Gasteiger partial charge in [-0.25, -0.2) is 0 Å². The first-order chi connectivity index (χ1) is 9.33. The van der Waals surface area contributed by atoms with Crippen LogP contribution in [0.15, 0.2) is 30.3 Å². The zero-order valence-electron chi connectivity index (χ0n) is 12.0. The summed E-state index contributed by atoms with van der Waals surface area (Å²) in [5.74, 6) is 0.265. The van der Waals surface area contributed by atoms with Crippen molar-refractivity contribution in [1.29, 1.82) is 0 Å². The van der Waals surface area contributed by atoms with Gasteiger partial charge in [0, 0.05) is 13.0 Å². The van der Waals surface area contributed by atoms with Crippen LogP contribution in [0.1, 0.15) is 50.1 Å². The number of amides is 1. The van der Waals surface area contributed by atoms with E-state index < -0.39 is 0 Å². The molecule has 1 aromatic rings. The number of rotatable bonds is 4. The van der Waals surface area contributed by atoms with Gasteiger partial charge in [0.25, 0.3) is 0 Å². The van der Waals surface area contributed by atoms with E-state index >= 15 is 0 Å². The predicted octanol–water partition coefficient (Wildman–Crippen LogP) is 3.29. The summed E-state index contributed by atoms with van der Waals surface area (Å²) >= 11 is 0. The average Bonchev–Trinajstić information content (AvgIpc) is 2.71. The number of likely N-dealkylation sites (tertiary alicyclic amines) is 1. The summed E-state index contributed by atoms with van der Waals surface area (Å²) in [5.41, 5.74) is 6.78. The minimum Gasteiger partial charge on any atom is -0.336 e. The Morgan fingerprint density at radius 2 is 1.95 bits per heavy atom. The predicted molar refractivity (Wildman–Crippen MR) is 84.9 cm³/mol. The summed E-state index contributed by atoms with van der Waals surface area (Å²) in [6.07, 6.45) is 6.01. The van der Waals surface area contributed by atoms with Gasteiger partial charge in [-0.15, -0.1) is 12.4 Å². The summed E-state index contributed by atoms with van der Waals surface area (Å²) in [5, 5.41) is 0. The molecule has 1 saturated heterocycles. The van der Waals surface area contributed by atoms with Crippen LogP contribution < -0.4 is 5.73 Å². The molecular weight excluding hydrogens is 272 g/mol. The van der Waals surface area contributed by atoms with Crippen molar-refractivity contribution in [2.24, 2.45) is 5.73 Å². The topological polar surface area (TPSA) is 46.3 Å². The molecule has 0 aliphatic carbocycles. The van der Waals surface area contributed by atoms with Crippen LogP contribution in [-0.2, 0) is 4.79 Å². The highest BCUT2D eigenvalue weighted by Gasteiger charge is 2.25. The zero-order valence-corrected chi connectivity index (χ0v) is 12.8. The summed E-state index contributed by atoms with van der Waals surface area (Å²) in [6.45, 7) is 1.48. The Morgan fingerprint density at radius 1 is 1.20 bits per heavy atom. The first kappa shape index (κ1) is 17.0. The monoisotopic (exact) mass is 296 g/mol. The Labute approximate surface area is 127 Å². The van der Waals surface area contributed by atoms with Crippen LogP contribution in [0.2, 0.25) is 0 Å². The minimum absolute atomic E-state index is 0. The van der Waals surface area contributed by atoms with Gasteiger partial charge in [-0.3, -0.25) is 4.79 Å². The number of halogens is 1. The van der Waals surface area contributed by atoms with Gasteiger partial charge in [0.1, 0.15) is 0 Å². The van der Waals surface area contributed by atoms with Crippen molar-refractivity contribution in [2.75, 3.05) is 13.1 Å². The lowest BCUT2D eigenvalue weighted by Crippen LogP contribution is -2.34. The standard InChI is InChI=1S/C16H24N2O.ClH/c17-12-7-11-16(19)18-13-6-2-5-10-15(18)14-8-3-1-4-9-14;/h1,3-4,8-9,15H,2,5-7,10-13,17H2;1H. The molecule has 1 amide bonds. The van der Waals surface area contributed by atoms with Gasteiger partial charge in [-0.2, -0.15) is 0 Å². The number of carbonyl (C=O) groups is 1. The summed E-state index contributed by atoms with van der Waals surface area (Å²) < 4.78 is 0. The minimum atomic E-state index is 0. The molecule has 1 fully saturated rings. The number of nitrogens with zero attached hydrogens (tertiary/aromatic N) is 1.